The Morgan fingerprint density at radius 1 is 1.12 bits per heavy atom. The summed E-state index contributed by atoms with van der Waals surface area (Å²) in [4.78, 5) is 14.0. The summed E-state index contributed by atoms with van der Waals surface area (Å²) >= 11 is 0. The maximum absolute atomic E-state index is 13.0. The molecule has 0 aliphatic carbocycles. The van der Waals surface area contributed by atoms with E-state index in [0.29, 0.717) is 11.5 Å². The van der Waals surface area contributed by atoms with E-state index in [9.17, 15) is 9.18 Å². The molecule has 5 heteroatoms. The number of halogens is 1. The maximum Gasteiger partial charge on any atom is 0.246 e. The van der Waals surface area contributed by atoms with E-state index in [1.54, 1.807) is 62.6 Å². The van der Waals surface area contributed by atoms with Crippen LogP contribution in [0.2, 0.25) is 0 Å². The second kappa shape index (κ2) is 8.33. The largest absolute Gasteiger partial charge is 0.497 e. The highest BCUT2D eigenvalue weighted by Crippen LogP contribution is 2.25. The molecular formula is C20H22FNO3. The fourth-order valence-electron chi connectivity index (χ4n) is 2.40. The third-order valence-electron chi connectivity index (χ3n) is 4.12. The van der Waals surface area contributed by atoms with E-state index >= 15 is 0 Å². The van der Waals surface area contributed by atoms with E-state index in [0.717, 1.165) is 11.1 Å². The molecule has 1 atom stereocenters. The Balaban J connectivity index is 2.15. The number of rotatable bonds is 6. The summed E-state index contributed by atoms with van der Waals surface area (Å²) in [5, 5.41) is 0. The van der Waals surface area contributed by atoms with Gasteiger partial charge in [0.1, 0.15) is 17.3 Å². The molecular weight excluding hydrogens is 321 g/mol. The normalized spacial score (nSPS) is 12.0. The Labute approximate surface area is 147 Å². The highest BCUT2D eigenvalue weighted by atomic mass is 19.1. The van der Waals surface area contributed by atoms with Gasteiger partial charge in [0.15, 0.2) is 0 Å². The van der Waals surface area contributed by atoms with Crippen LogP contribution in [0.3, 0.4) is 0 Å². The first-order valence-electron chi connectivity index (χ1n) is 7.88. The zero-order valence-electron chi connectivity index (χ0n) is 14.8. The van der Waals surface area contributed by atoms with Crippen LogP contribution in [-0.4, -0.2) is 32.1 Å². The lowest BCUT2D eigenvalue weighted by Gasteiger charge is -2.24. The van der Waals surface area contributed by atoms with Gasteiger partial charge in [-0.1, -0.05) is 12.1 Å². The molecule has 2 rings (SSSR count). The zero-order valence-corrected chi connectivity index (χ0v) is 14.8. The van der Waals surface area contributed by atoms with Gasteiger partial charge in [-0.25, -0.2) is 4.39 Å². The summed E-state index contributed by atoms with van der Waals surface area (Å²) in [6, 6.07) is 11.3. The molecule has 132 valence electrons. The number of carbonyl (C=O) groups is 1. The molecule has 0 spiro atoms. The minimum atomic E-state index is -0.296. The summed E-state index contributed by atoms with van der Waals surface area (Å²) in [6.45, 7) is 1.89. The summed E-state index contributed by atoms with van der Waals surface area (Å²) in [5.41, 5.74) is 1.61. The molecule has 0 saturated heterocycles. The molecule has 0 aromatic heterocycles. The second-order valence-corrected chi connectivity index (χ2v) is 5.62. The van der Waals surface area contributed by atoms with Crippen LogP contribution >= 0.6 is 0 Å². The molecule has 0 radical (unpaired) electrons. The molecule has 1 unspecified atom stereocenters. The van der Waals surface area contributed by atoms with Crippen LogP contribution in [-0.2, 0) is 4.79 Å². The minimum Gasteiger partial charge on any atom is -0.497 e. The predicted octanol–water partition coefficient (Wildman–Crippen LogP) is 4.08. The third kappa shape index (κ3) is 4.59. The van der Waals surface area contributed by atoms with Crippen molar-refractivity contribution in [1.82, 2.24) is 4.90 Å². The quantitative estimate of drug-likeness (QED) is 0.742. The van der Waals surface area contributed by atoms with Gasteiger partial charge in [0.05, 0.1) is 20.3 Å². The zero-order chi connectivity index (χ0) is 18.4. The van der Waals surface area contributed by atoms with E-state index in [-0.39, 0.29) is 17.8 Å². The fraction of sp³-hybridized carbons (Fsp3) is 0.250. The van der Waals surface area contributed by atoms with Gasteiger partial charge in [-0.05, 0) is 48.9 Å². The van der Waals surface area contributed by atoms with Crippen molar-refractivity contribution in [3.8, 4) is 11.5 Å². The molecule has 0 fully saturated rings. The Hall–Kier alpha value is -2.82. The van der Waals surface area contributed by atoms with E-state index in [2.05, 4.69) is 0 Å². The summed E-state index contributed by atoms with van der Waals surface area (Å²) in [5.74, 6) is 0.872. The number of ether oxygens (including phenoxy) is 2. The van der Waals surface area contributed by atoms with Crippen molar-refractivity contribution in [2.45, 2.75) is 13.0 Å². The number of hydrogen-bond acceptors (Lipinski definition) is 3. The van der Waals surface area contributed by atoms with Crippen LogP contribution in [0.25, 0.3) is 6.08 Å². The predicted molar refractivity (Wildman–Crippen MR) is 96.2 cm³/mol. The average molecular weight is 343 g/mol. The third-order valence-corrected chi connectivity index (χ3v) is 4.12. The summed E-state index contributed by atoms with van der Waals surface area (Å²) in [7, 11) is 4.87. The van der Waals surface area contributed by atoms with E-state index < -0.39 is 0 Å². The van der Waals surface area contributed by atoms with Crippen LogP contribution in [0.15, 0.2) is 48.5 Å². The first-order chi connectivity index (χ1) is 12.0. The smallest absolute Gasteiger partial charge is 0.246 e. The van der Waals surface area contributed by atoms with Crippen molar-refractivity contribution >= 4 is 12.0 Å². The van der Waals surface area contributed by atoms with E-state index in [1.165, 1.54) is 18.2 Å². The van der Waals surface area contributed by atoms with Crippen molar-refractivity contribution in [3.63, 3.8) is 0 Å². The molecule has 2 aromatic rings. The van der Waals surface area contributed by atoms with Gasteiger partial charge in [0.25, 0.3) is 0 Å². The molecule has 0 aliphatic rings. The first kappa shape index (κ1) is 18.5. The summed E-state index contributed by atoms with van der Waals surface area (Å²) < 4.78 is 23.5. The van der Waals surface area contributed by atoms with Gasteiger partial charge in [0, 0.05) is 18.7 Å². The molecule has 0 N–H and O–H groups in total. The van der Waals surface area contributed by atoms with E-state index in [4.69, 9.17) is 9.47 Å². The van der Waals surface area contributed by atoms with Crippen molar-refractivity contribution in [3.05, 3.63) is 65.5 Å². The first-order valence-corrected chi connectivity index (χ1v) is 7.88. The highest BCUT2D eigenvalue weighted by Gasteiger charge is 2.15. The Bertz CT molecular complexity index is 756. The number of benzene rings is 2. The molecule has 4 nitrogen and oxygen atoms in total. The van der Waals surface area contributed by atoms with Gasteiger partial charge in [-0.15, -0.1) is 0 Å². The van der Waals surface area contributed by atoms with Gasteiger partial charge in [0.2, 0.25) is 5.91 Å². The van der Waals surface area contributed by atoms with Crippen LogP contribution < -0.4 is 9.47 Å². The maximum atomic E-state index is 13.0. The van der Waals surface area contributed by atoms with Gasteiger partial charge < -0.3 is 14.4 Å². The lowest BCUT2D eigenvalue weighted by atomic mass is 10.1. The van der Waals surface area contributed by atoms with Gasteiger partial charge in [-0.3, -0.25) is 4.79 Å². The lowest BCUT2D eigenvalue weighted by Crippen LogP contribution is -2.27. The van der Waals surface area contributed by atoms with Crippen molar-refractivity contribution < 1.29 is 18.7 Å². The number of amides is 1. The molecule has 1 amide bonds. The number of hydrogen-bond donors (Lipinski definition) is 0. The fourth-order valence-corrected chi connectivity index (χ4v) is 2.40. The molecule has 0 heterocycles. The molecule has 25 heavy (non-hydrogen) atoms. The lowest BCUT2D eigenvalue weighted by molar-refractivity contribution is -0.126. The van der Waals surface area contributed by atoms with Gasteiger partial charge in [-0.2, -0.15) is 0 Å². The molecule has 0 bridgehead atoms. The van der Waals surface area contributed by atoms with Crippen LogP contribution in [0, 0.1) is 5.82 Å². The number of nitrogens with zero attached hydrogens (tertiary/aromatic N) is 1. The van der Waals surface area contributed by atoms with Crippen LogP contribution in [0.4, 0.5) is 4.39 Å². The molecule has 2 aromatic carbocycles. The monoisotopic (exact) mass is 343 g/mol. The summed E-state index contributed by atoms with van der Waals surface area (Å²) in [6.07, 6.45) is 3.18. The Morgan fingerprint density at radius 2 is 1.80 bits per heavy atom. The Morgan fingerprint density at radius 3 is 2.40 bits per heavy atom. The number of methoxy groups -OCH3 is 2. The molecule has 0 aliphatic heterocycles. The minimum absolute atomic E-state index is 0.165. The van der Waals surface area contributed by atoms with Crippen molar-refractivity contribution in [2.24, 2.45) is 0 Å². The standard InChI is InChI=1S/C20H22FNO3/c1-14(15-5-8-17(21)9-6-15)22(2)20(23)12-7-16-13-18(24-3)10-11-19(16)25-4/h5-14H,1-4H3/b12-7+. The van der Waals surface area contributed by atoms with Crippen molar-refractivity contribution in [2.75, 3.05) is 21.3 Å². The Kier molecular flexibility index (Phi) is 6.17. The number of carbonyl (C=O) groups excluding carboxylic acids is 1. The highest BCUT2D eigenvalue weighted by molar-refractivity contribution is 5.92. The number of likely N-dealkylation sites (N-methyl/N-ethyl adjacent to an activating group) is 1. The van der Waals surface area contributed by atoms with Gasteiger partial charge >= 0.3 is 0 Å². The second-order valence-electron chi connectivity index (χ2n) is 5.62. The topological polar surface area (TPSA) is 38.8 Å². The van der Waals surface area contributed by atoms with E-state index in [1.807, 2.05) is 6.92 Å². The van der Waals surface area contributed by atoms with Crippen LogP contribution in [0.5, 0.6) is 11.5 Å². The van der Waals surface area contributed by atoms with Crippen LogP contribution in [0.1, 0.15) is 24.1 Å². The molecule has 0 saturated carbocycles. The average Bonchev–Trinajstić information content (AvgIpc) is 2.65. The SMILES string of the molecule is COc1ccc(OC)c(/C=C/C(=O)N(C)C(C)c2ccc(F)cc2)c1. The van der Waals surface area contributed by atoms with Crippen molar-refractivity contribution in [1.29, 1.82) is 0 Å².